The molecule has 0 aliphatic heterocycles. The topological polar surface area (TPSA) is 81.0 Å². The van der Waals surface area contributed by atoms with Gasteiger partial charge in [-0.1, -0.05) is 41.5 Å². The molecule has 0 aromatic heterocycles. The number of phenols is 1. The minimum absolute atomic E-state index is 0.163. The van der Waals surface area contributed by atoms with Crippen molar-refractivity contribution in [2.24, 2.45) is 0 Å². The van der Waals surface area contributed by atoms with E-state index in [-0.39, 0.29) is 48.8 Å². The van der Waals surface area contributed by atoms with Crippen LogP contribution < -0.4 is 0 Å². The van der Waals surface area contributed by atoms with Gasteiger partial charge in [-0.05, 0) is 23.0 Å². The Hall–Kier alpha value is -1.59. The molecule has 1 aromatic rings. The number of aliphatic hydroxyl groups excluding tert-OH is 2. The van der Waals surface area contributed by atoms with Crippen LogP contribution in [0.2, 0.25) is 0 Å². The van der Waals surface area contributed by atoms with Gasteiger partial charge in [0.05, 0.1) is 13.2 Å². The summed E-state index contributed by atoms with van der Waals surface area (Å²) in [7, 11) is 0. The maximum absolute atomic E-state index is 12.8. The van der Waals surface area contributed by atoms with Crippen LogP contribution in [0, 0.1) is 0 Å². The molecule has 5 nitrogen and oxygen atoms in total. The first kappa shape index (κ1) is 20.5. The average molecular weight is 337 g/mol. The quantitative estimate of drug-likeness (QED) is 0.771. The van der Waals surface area contributed by atoms with E-state index in [1.54, 1.807) is 12.1 Å². The molecule has 0 fully saturated rings. The first-order chi connectivity index (χ1) is 10.9. The molecule has 0 unspecified atom stereocenters. The third-order valence-electron chi connectivity index (χ3n) is 4.00. The number of carbonyl (C=O) groups excluding carboxylic acids is 1. The lowest BCUT2D eigenvalue weighted by Crippen LogP contribution is -2.36. The Bertz CT molecular complexity index is 541. The second kappa shape index (κ2) is 7.53. The van der Waals surface area contributed by atoms with Crippen LogP contribution >= 0.6 is 0 Å². The molecule has 136 valence electrons. The maximum Gasteiger partial charge on any atom is 0.254 e. The highest BCUT2D eigenvalue weighted by atomic mass is 16.3. The van der Waals surface area contributed by atoms with Crippen molar-refractivity contribution < 1.29 is 20.1 Å². The van der Waals surface area contributed by atoms with Crippen LogP contribution in [0.25, 0.3) is 0 Å². The molecule has 0 spiro atoms. The molecular weight excluding hydrogens is 306 g/mol. The fourth-order valence-electron chi connectivity index (χ4n) is 2.64. The number of rotatable bonds is 5. The zero-order chi connectivity index (χ0) is 18.7. The number of benzene rings is 1. The number of hydrogen-bond acceptors (Lipinski definition) is 4. The predicted octanol–water partition coefficient (Wildman–Crippen LogP) is 2.41. The van der Waals surface area contributed by atoms with Crippen molar-refractivity contribution in [1.82, 2.24) is 4.90 Å². The van der Waals surface area contributed by atoms with Crippen LogP contribution in [0.3, 0.4) is 0 Å². The molecule has 1 aromatic carbocycles. The van der Waals surface area contributed by atoms with Gasteiger partial charge in [0.15, 0.2) is 0 Å². The first-order valence-corrected chi connectivity index (χ1v) is 8.32. The second-order valence-electron chi connectivity index (χ2n) is 8.16. The highest BCUT2D eigenvalue weighted by Gasteiger charge is 2.28. The summed E-state index contributed by atoms with van der Waals surface area (Å²) >= 11 is 0. The molecule has 0 bridgehead atoms. The van der Waals surface area contributed by atoms with Crippen LogP contribution in [-0.4, -0.2) is 52.4 Å². The Kier molecular flexibility index (Phi) is 6.42. The maximum atomic E-state index is 12.8. The number of amides is 1. The molecule has 5 heteroatoms. The van der Waals surface area contributed by atoms with Gasteiger partial charge in [0.1, 0.15) is 5.75 Å². The van der Waals surface area contributed by atoms with E-state index in [9.17, 15) is 9.90 Å². The number of aromatic hydroxyl groups is 1. The van der Waals surface area contributed by atoms with Gasteiger partial charge < -0.3 is 20.2 Å². The molecule has 0 aliphatic carbocycles. The standard InChI is InChI=1S/C19H31NO4/c1-18(2,3)14-11-13(12-15(16(14)23)19(4,5)6)17(24)20(7-9-21)8-10-22/h11-12,21-23H,7-10H2,1-6H3. The van der Waals surface area contributed by atoms with Crippen molar-refractivity contribution in [1.29, 1.82) is 0 Å². The van der Waals surface area contributed by atoms with Crippen LogP contribution in [0.15, 0.2) is 12.1 Å². The van der Waals surface area contributed by atoms with E-state index >= 15 is 0 Å². The fourth-order valence-corrected chi connectivity index (χ4v) is 2.64. The summed E-state index contributed by atoms with van der Waals surface area (Å²) in [5.74, 6) is -0.0310. The van der Waals surface area contributed by atoms with Crippen molar-refractivity contribution in [3.8, 4) is 5.75 Å². The van der Waals surface area contributed by atoms with Gasteiger partial charge in [-0.25, -0.2) is 0 Å². The molecule has 3 N–H and O–H groups in total. The molecule has 24 heavy (non-hydrogen) atoms. The SMILES string of the molecule is CC(C)(C)c1cc(C(=O)N(CCO)CCO)cc(C(C)(C)C)c1O. The van der Waals surface area contributed by atoms with Gasteiger partial charge in [0.25, 0.3) is 5.91 Å². The first-order valence-electron chi connectivity index (χ1n) is 8.32. The summed E-state index contributed by atoms with van der Waals surface area (Å²) in [5, 5.41) is 29.0. The van der Waals surface area contributed by atoms with E-state index in [1.807, 2.05) is 41.5 Å². The van der Waals surface area contributed by atoms with Crippen molar-refractivity contribution in [3.05, 3.63) is 28.8 Å². The summed E-state index contributed by atoms with van der Waals surface area (Å²) in [4.78, 5) is 14.2. The third kappa shape index (κ3) is 4.71. The van der Waals surface area contributed by atoms with Crippen LogP contribution in [-0.2, 0) is 10.8 Å². The molecule has 0 radical (unpaired) electrons. The largest absolute Gasteiger partial charge is 0.507 e. The Morgan fingerprint density at radius 3 is 1.58 bits per heavy atom. The zero-order valence-electron chi connectivity index (χ0n) is 15.7. The Labute approximate surface area is 144 Å². The number of aliphatic hydroxyl groups is 2. The predicted molar refractivity (Wildman–Crippen MR) is 95.6 cm³/mol. The van der Waals surface area contributed by atoms with E-state index in [4.69, 9.17) is 10.2 Å². The van der Waals surface area contributed by atoms with Gasteiger partial charge >= 0.3 is 0 Å². The molecule has 1 rings (SSSR count). The van der Waals surface area contributed by atoms with Crippen molar-refractivity contribution in [3.63, 3.8) is 0 Å². The monoisotopic (exact) mass is 337 g/mol. The molecular formula is C19H31NO4. The Balaban J connectivity index is 3.50. The highest BCUT2D eigenvalue weighted by molar-refractivity contribution is 5.95. The zero-order valence-corrected chi connectivity index (χ0v) is 15.7. The number of nitrogens with zero attached hydrogens (tertiary/aromatic N) is 1. The summed E-state index contributed by atoms with van der Waals surface area (Å²) in [6, 6.07) is 3.43. The minimum atomic E-state index is -0.320. The van der Waals surface area contributed by atoms with Gasteiger partial charge in [0.2, 0.25) is 0 Å². The van der Waals surface area contributed by atoms with E-state index in [0.29, 0.717) is 16.7 Å². The van der Waals surface area contributed by atoms with Crippen molar-refractivity contribution in [2.45, 2.75) is 52.4 Å². The van der Waals surface area contributed by atoms with Crippen LogP contribution in [0.4, 0.5) is 0 Å². The number of carbonyl (C=O) groups is 1. The lowest BCUT2D eigenvalue weighted by atomic mass is 9.78. The van der Waals surface area contributed by atoms with Gasteiger partial charge in [-0.3, -0.25) is 4.79 Å². The lowest BCUT2D eigenvalue weighted by molar-refractivity contribution is 0.0684. The number of phenolic OH excluding ortho intramolecular Hbond substituents is 1. The van der Waals surface area contributed by atoms with E-state index in [0.717, 1.165) is 0 Å². The fraction of sp³-hybridized carbons (Fsp3) is 0.632. The highest BCUT2D eigenvalue weighted by Crippen LogP contribution is 2.39. The average Bonchev–Trinajstić information content (AvgIpc) is 2.44. The van der Waals surface area contributed by atoms with E-state index < -0.39 is 0 Å². The molecule has 1 amide bonds. The van der Waals surface area contributed by atoms with E-state index in [1.165, 1.54) is 4.90 Å². The van der Waals surface area contributed by atoms with Crippen LogP contribution in [0.5, 0.6) is 5.75 Å². The van der Waals surface area contributed by atoms with Crippen molar-refractivity contribution in [2.75, 3.05) is 26.3 Å². The lowest BCUT2D eigenvalue weighted by Gasteiger charge is -2.29. The van der Waals surface area contributed by atoms with E-state index in [2.05, 4.69) is 0 Å². The molecule has 0 atom stereocenters. The Morgan fingerprint density at radius 2 is 1.29 bits per heavy atom. The van der Waals surface area contributed by atoms with Gasteiger partial charge in [-0.15, -0.1) is 0 Å². The van der Waals surface area contributed by atoms with Crippen molar-refractivity contribution >= 4 is 5.91 Å². The molecule has 0 heterocycles. The number of hydrogen-bond donors (Lipinski definition) is 3. The minimum Gasteiger partial charge on any atom is -0.507 e. The molecule has 0 saturated heterocycles. The third-order valence-corrected chi connectivity index (χ3v) is 4.00. The normalized spacial score (nSPS) is 12.3. The smallest absolute Gasteiger partial charge is 0.254 e. The van der Waals surface area contributed by atoms with Gasteiger partial charge in [-0.2, -0.15) is 0 Å². The summed E-state index contributed by atoms with van der Waals surface area (Å²) in [5.41, 5.74) is 1.25. The Morgan fingerprint density at radius 1 is 0.917 bits per heavy atom. The second-order valence-corrected chi connectivity index (χ2v) is 8.16. The van der Waals surface area contributed by atoms with Gasteiger partial charge in [0, 0.05) is 29.8 Å². The van der Waals surface area contributed by atoms with Crippen LogP contribution in [0.1, 0.15) is 63.0 Å². The molecule has 0 saturated carbocycles. The summed E-state index contributed by atoms with van der Waals surface area (Å²) < 4.78 is 0. The molecule has 0 aliphatic rings. The summed E-state index contributed by atoms with van der Waals surface area (Å²) in [6.45, 7) is 11.9. The summed E-state index contributed by atoms with van der Waals surface area (Å²) in [6.07, 6.45) is 0.